The number of benzene rings is 1. The minimum absolute atomic E-state index is 0.0426. The maximum atomic E-state index is 13.2. The molecule has 0 unspecified atom stereocenters. The highest BCUT2D eigenvalue weighted by Gasteiger charge is 2.35. The number of rotatable bonds is 5. The van der Waals surface area contributed by atoms with Crippen molar-refractivity contribution in [3.05, 3.63) is 53.3 Å². The summed E-state index contributed by atoms with van der Waals surface area (Å²) in [6.07, 6.45) is 1.87. The molecule has 9 nitrogen and oxygen atoms in total. The summed E-state index contributed by atoms with van der Waals surface area (Å²) < 4.78 is 0. The van der Waals surface area contributed by atoms with Gasteiger partial charge in [0.25, 0.3) is 5.91 Å². The van der Waals surface area contributed by atoms with Crippen LogP contribution < -0.4 is 10.2 Å². The third-order valence-corrected chi connectivity index (χ3v) is 6.83. The van der Waals surface area contributed by atoms with Crippen LogP contribution in [0.5, 0.6) is 0 Å². The highest BCUT2D eigenvalue weighted by Crippen LogP contribution is 2.31. The zero-order chi connectivity index (χ0) is 24.7. The molecule has 1 atom stereocenters. The molecule has 2 aromatic heterocycles. The van der Waals surface area contributed by atoms with Gasteiger partial charge in [0, 0.05) is 62.3 Å². The zero-order valence-electron chi connectivity index (χ0n) is 20.7. The van der Waals surface area contributed by atoms with Gasteiger partial charge in [-0.2, -0.15) is 4.98 Å². The summed E-state index contributed by atoms with van der Waals surface area (Å²) in [5.74, 6) is 1.21. The monoisotopic (exact) mass is 473 g/mol. The summed E-state index contributed by atoms with van der Waals surface area (Å²) in [5.41, 5.74) is 3.28. The molecular weight excluding hydrogens is 442 g/mol. The molecule has 3 aromatic rings. The van der Waals surface area contributed by atoms with E-state index in [1.165, 1.54) is 0 Å². The van der Waals surface area contributed by atoms with Crippen LogP contribution in [0.2, 0.25) is 0 Å². The van der Waals surface area contributed by atoms with Gasteiger partial charge in [0.15, 0.2) is 0 Å². The molecule has 2 aliphatic heterocycles. The number of amides is 2. The Hall–Kier alpha value is -3.75. The molecule has 2 amide bonds. The van der Waals surface area contributed by atoms with Gasteiger partial charge in [-0.25, -0.2) is 4.98 Å². The Morgan fingerprint density at radius 3 is 2.74 bits per heavy atom. The van der Waals surface area contributed by atoms with E-state index in [-0.39, 0.29) is 23.9 Å². The molecule has 0 aliphatic carbocycles. The fourth-order valence-electron chi connectivity index (χ4n) is 4.89. The van der Waals surface area contributed by atoms with Crippen LogP contribution in [0.1, 0.15) is 49.3 Å². The van der Waals surface area contributed by atoms with Crippen molar-refractivity contribution in [3.8, 4) is 0 Å². The summed E-state index contributed by atoms with van der Waals surface area (Å²) in [6.45, 7) is 10.5. The smallest absolute Gasteiger partial charge is 0.273 e. The number of pyridine rings is 1. The SMILES string of the molecule is CC(=O)N1CCN(c2nc(NCc3cnc4ccccc4c3)c3c(n2)C(=O)N(C(C)C)C3)C[C@H]1C. The number of piperazine rings is 1. The Labute approximate surface area is 205 Å². The van der Waals surface area contributed by atoms with Gasteiger partial charge in [0.05, 0.1) is 12.1 Å². The Kier molecular flexibility index (Phi) is 6.00. The number of carbonyl (C=O) groups excluding carboxylic acids is 2. The van der Waals surface area contributed by atoms with Crippen molar-refractivity contribution >= 4 is 34.5 Å². The number of fused-ring (bicyclic) bond motifs is 2. The lowest BCUT2D eigenvalue weighted by Crippen LogP contribution is -2.54. The Balaban J connectivity index is 1.45. The number of anilines is 2. The van der Waals surface area contributed by atoms with Crippen LogP contribution in [0.15, 0.2) is 36.5 Å². The van der Waals surface area contributed by atoms with E-state index in [1.54, 1.807) is 6.92 Å². The average Bonchev–Trinajstić information content (AvgIpc) is 3.19. The number of nitrogens with zero attached hydrogens (tertiary/aromatic N) is 6. The van der Waals surface area contributed by atoms with Gasteiger partial charge in [0.1, 0.15) is 11.5 Å². The molecule has 182 valence electrons. The van der Waals surface area contributed by atoms with Crippen LogP contribution in [0, 0.1) is 0 Å². The van der Waals surface area contributed by atoms with Crippen LogP contribution in [0.4, 0.5) is 11.8 Å². The molecule has 9 heteroatoms. The average molecular weight is 474 g/mol. The van der Waals surface area contributed by atoms with E-state index in [4.69, 9.17) is 9.97 Å². The van der Waals surface area contributed by atoms with Crippen molar-refractivity contribution in [1.29, 1.82) is 0 Å². The molecule has 0 saturated carbocycles. The molecular formula is C26H31N7O2. The Bertz CT molecular complexity index is 1290. The van der Waals surface area contributed by atoms with E-state index >= 15 is 0 Å². The van der Waals surface area contributed by atoms with Gasteiger partial charge in [-0.3, -0.25) is 14.6 Å². The standard InChI is InChI=1S/C26H31N7O2/c1-16(2)33-15-21-23(25(33)35)29-26(31-9-10-32(18(4)34)17(3)14-31)30-24(21)28-13-19-11-20-7-5-6-8-22(20)27-12-19/h5-8,11-12,16-17H,9-10,13-15H2,1-4H3,(H,28,29,30)/t17-/m1/s1. The number of nitrogens with one attached hydrogen (secondary N) is 1. The van der Waals surface area contributed by atoms with Crippen molar-refractivity contribution in [2.24, 2.45) is 0 Å². The third-order valence-electron chi connectivity index (χ3n) is 6.83. The largest absolute Gasteiger partial charge is 0.365 e. The van der Waals surface area contributed by atoms with Crippen LogP contribution in [0.3, 0.4) is 0 Å². The first-order valence-electron chi connectivity index (χ1n) is 12.1. The minimum atomic E-state index is -0.0653. The van der Waals surface area contributed by atoms with Crippen molar-refractivity contribution in [2.75, 3.05) is 29.9 Å². The number of aromatic nitrogens is 3. The number of carbonyl (C=O) groups is 2. The van der Waals surface area contributed by atoms with Crippen LogP contribution in [-0.4, -0.2) is 68.3 Å². The van der Waals surface area contributed by atoms with Crippen LogP contribution >= 0.6 is 0 Å². The van der Waals surface area contributed by atoms with E-state index in [2.05, 4.69) is 21.3 Å². The number of hydrogen-bond acceptors (Lipinski definition) is 7. The molecule has 1 saturated heterocycles. The Morgan fingerprint density at radius 2 is 2.00 bits per heavy atom. The topological polar surface area (TPSA) is 94.6 Å². The normalized spacial score (nSPS) is 17.9. The van der Waals surface area contributed by atoms with Gasteiger partial charge >= 0.3 is 0 Å². The quantitative estimate of drug-likeness (QED) is 0.609. The fourth-order valence-corrected chi connectivity index (χ4v) is 4.89. The fraction of sp³-hybridized carbons (Fsp3) is 0.423. The molecule has 35 heavy (non-hydrogen) atoms. The molecule has 1 N–H and O–H groups in total. The maximum absolute atomic E-state index is 13.2. The first kappa shape index (κ1) is 23.0. The van der Waals surface area contributed by atoms with Crippen molar-refractivity contribution in [2.45, 2.75) is 52.9 Å². The summed E-state index contributed by atoms with van der Waals surface area (Å²) in [6, 6.07) is 10.3. The van der Waals surface area contributed by atoms with Crippen molar-refractivity contribution < 1.29 is 9.59 Å². The van der Waals surface area contributed by atoms with E-state index in [0.717, 1.165) is 22.0 Å². The first-order valence-corrected chi connectivity index (χ1v) is 12.1. The van der Waals surface area contributed by atoms with Crippen molar-refractivity contribution in [3.63, 3.8) is 0 Å². The second-order valence-corrected chi connectivity index (χ2v) is 9.62. The van der Waals surface area contributed by atoms with Gasteiger partial charge in [0.2, 0.25) is 11.9 Å². The summed E-state index contributed by atoms with van der Waals surface area (Å²) in [7, 11) is 0. The molecule has 1 fully saturated rings. The number of hydrogen-bond donors (Lipinski definition) is 1. The molecule has 5 rings (SSSR count). The van der Waals surface area contributed by atoms with Crippen LogP contribution in [-0.2, 0) is 17.9 Å². The second kappa shape index (κ2) is 9.13. The molecule has 2 aliphatic rings. The van der Waals surface area contributed by atoms with Gasteiger partial charge < -0.3 is 20.0 Å². The second-order valence-electron chi connectivity index (χ2n) is 9.62. The van der Waals surface area contributed by atoms with Gasteiger partial charge in [-0.15, -0.1) is 0 Å². The lowest BCUT2D eigenvalue weighted by atomic mass is 10.1. The molecule has 0 radical (unpaired) electrons. The zero-order valence-corrected chi connectivity index (χ0v) is 20.7. The van der Waals surface area contributed by atoms with Gasteiger partial charge in [-0.1, -0.05) is 18.2 Å². The van der Waals surface area contributed by atoms with E-state index in [1.807, 2.05) is 61.0 Å². The molecule has 4 heterocycles. The summed E-state index contributed by atoms with van der Waals surface area (Å²) in [5, 5.41) is 4.54. The summed E-state index contributed by atoms with van der Waals surface area (Å²) in [4.78, 5) is 45.0. The summed E-state index contributed by atoms with van der Waals surface area (Å²) >= 11 is 0. The number of para-hydroxylation sites is 1. The lowest BCUT2D eigenvalue weighted by molar-refractivity contribution is -0.131. The van der Waals surface area contributed by atoms with Crippen molar-refractivity contribution in [1.82, 2.24) is 24.8 Å². The highest BCUT2D eigenvalue weighted by atomic mass is 16.2. The molecule has 0 bridgehead atoms. The molecule has 1 aromatic carbocycles. The van der Waals surface area contributed by atoms with E-state index < -0.39 is 0 Å². The van der Waals surface area contributed by atoms with Crippen LogP contribution in [0.25, 0.3) is 10.9 Å². The predicted octanol–water partition coefficient (Wildman–Crippen LogP) is 3.06. The predicted molar refractivity (Wildman–Crippen MR) is 135 cm³/mol. The Morgan fingerprint density at radius 1 is 1.20 bits per heavy atom. The third kappa shape index (κ3) is 4.38. The van der Waals surface area contributed by atoms with E-state index in [9.17, 15) is 9.59 Å². The highest BCUT2D eigenvalue weighted by molar-refractivity contribution is 5.98. The minimum Gasteiger partial charge on any atom is -0.365 e. The van der Waals surface area contributed by atoms with E-state index in [0.29, 0.717) is 50.2 Å². The first-order chi connectivity index (χ1) is 16.8. The lowest BCUT2D eigenvalue weighted by Gasteiger charge is -2.39. The maximum Gasteiger partial charge on any atom is 0.273 e. The molecule has 0 spiro atoms. The van der Waals surface area contributed by atoms with Gasteiger partial charge in [-0.05, 0) is 38.5 Å².